The number of hydrogen-bond acceptors (Lipinski definition) is 6. The van der Waals surface area contributed by atoms with Crippen LogP contribution in [0.2, 0.25) is 0 Å². The largest absolute Gasteiger partial charge is 0.497 e. The first-order chi connectivity index (χ1) is 17.6. The van der Waals surface area contributed by atoms with Gasteiger partial charge in [0.25, 0.3) is 0 Å². The minimum Gasteiger partial charge on any atom is -0.497 e. The normalized spacial score (nSPS) is 10.6. The van der Waals surface area contributed by atoms with E-state index in [-0.39, 0.29) is 12.0 Å². The van der Waals surface area contributed by atoms with Crippen molar-refractivity contribution < 1.29 is 19.0 Å². The van der Waals surface area contributed by atoms with Gasteiger partial charge in [-0.05, 0) is 50.2 Å². The van der Waals surface area contributed by atoms with Crippen LogP contribution in [0.25, 0.3) is 17.1 Å². The van der Waals surface area contributed by atoms with Gasteiger partial charge in [0.15, 0.2) is 5.82 Å². The molecular formula is C27H29N5O4. The molecular weight excluding hydrogens is 458 g/mol. The van der Waals surface area contributed by atoms with Crippen molar-refractivity contribution in [1.82, 2.24) is 14.8 Å². The summed E-state index contributed by atoms with van der Waals surface area (Å²) in [6.45, 7) is 5.41. The van der Waals surface area contributed by atoms with E-state index in [0.717, 1.165) is 16.8 Å². The zero-order valence-electron chi connectivity index (χ0n) is 20.5. The van der Waals surface area contributed by atoms with E-state index in [9.17, 15) is 4.79 Å². The maximum absolute atomic E-state index is 12.4. The van der Waals surface area contributed by atoms with Crippen LogP contribution in [-0.2, 0) is 4.74 Å². The van der Waals surface area contributed by atoms with Crippen molar-refractivity contribution in [2.45, 2.75) is 13.8 Å². The van der Waals surface area contributed by atoms with Gasteiger partial charge in [0.05, 0.1) is 19.4 Å². The second-order valence-electron chi connectivity index (χ2n) is 7.90. The lowest BCUT2D eigenvalue weighted by atomic mass is 10.1. The number of anilines is 2. The molecule has 3 aromatic carbocycles. The molecule has 1 heterocycles. The molecule has 4 aromatic rings. The summed E-state index contributed by atoms with van der Waals surface area (Å²) in [6, 6.07) is 22.4. The predicted octanol–water partition coefficient (Wildman–Crippen LogP) is 5.31. The Bertz CT molecular complexity index is 1290. The second-order valence-corrected chi connectivity index (χ2v) is 7.90. The third-order valence-electron chi connectivity index (χ3n) is 5.26. The molecule has 0 unspecified atom stereocenters. The van der Waals surface area contributed by atoms with E-state index in [4.69, 9.17) is 14.2 Å². The fourth-order valence-corrected chi connectivity index (χ4v) is 3.44. The molecule has 0 saturated heterocycles. The van der Waals surface area contributed by atoms with Crippen molar-refractivity contribution in [3.63, 3.8) is 0 Å². The Kier molecular flexibility index (Phi) is 8.15. The lowest BCUT2D eigenvalue weighted by molar-refractivity contribution is 0.106. The zero-order valence-corrected chi connectivity index (χ0v) is 20.5. The van der Waals surface area contributed by atoms with Crippen LogP contribution in [0.4, 0.5) is 16.2 Å². The number of methoxy groups -OCH3 is 1. The highest BCUT2D eigenvalue weighted by molar-refractivity contribution is 5.99. The monoisotopic (exact) mass is 487 g/mol. The highest BCUT2D eigenvalue weighted by Crippen LogP contribution is 2.25. The number of benzene rings is 3. The molecule has 9 nitrogen and oxygen atoms in total. The fourth-order valence-electron chi connectivity index (χ4n) is 3.44. The van der Waals surface area contributed by atoms with Crippen LogP contribution < -0.4 is 20.1 Å². The summed E-state index contributed by atoms with van der Waals surface area (Å²) in [6.07, 6.45) is 0. The SMILES string of the molecule is CCOCCOc1nc(-c2ccc(C)cc2)n(-c2ccc(NC(=O)Nc3cccc(OC)c3)cc2)n1. The number of aryl methyl sites for hydroxylation is 1. The summed E-state index contributed by atoms with van der Waals surface area (Å²) in [5.74, 6) is 1.31. The minimum atomic E-state index is -0.359. The Labute approximate surface area is 210 Å². The van der Waals surface area contributed by atoms with Gasteiger partial charge < -0.3 is 24.8 Å². The van der Waals surface area contributed by atoms with Gasteiger partial charge in [0, 0.05) is 29.6 Å². The quantitative estimate of drug-likeness (QED) is 0.294. The molecule has 0 saturated carbocycles. The number of ether oxygens (including phenoxy) is 3. The maximum Gasteiger partial charge on any atom is 0.336 e. The molecule has 0 aliphatic carbocycles. The standard InChI is InChI=1S/C27H29N5O4/c1-4-35-16-17-36-27-30-25(20-10-8-19(2)9-11-20)32(31-27)23-14-12-21(13-15-23)28-26(33)29-22-6-5-7-24(18-22)34-3/h5-15,18H,4,16-17H2,1-3H3,(H2,28,29,33). The highest BCUT2D eigenvalue weighted by atomic mass is 16.5. The van der Waals surface area contributed by atoms with Crippen LogP contribution in [-0.4, -0.2) is 47.7 Å². The number of rotatable bonds is 10. The predicted molar refractivity (Wildman–Crippen MR) is 139 cm³/mol. The molecule has 2 N–H and O–H groups in total. The Balaban J connectivity index is 1.51. The summed E-state index contributed by atoms with van der Waals surface area (Å²) in [5, 5.41) is 10.2. The van der Waals surface area contributed by atoms with Gasteiger partial charge >= 0.3 is 12.0 Å². The Morgan fingerprint density at radius 2 is 1.69 bits per heavy atom. The summed E-state index contributed by atoms with van der Waals surface area (Å²) in [7, 11) is 1.58. The number of aromatic nitrogens is 3. The van der Waals surface area contributed by atoms with Gasteiger partial charge in [-0.3, -0.25) is 0 Å². The average molecular weight is 488 g/mol. The van der Waals surface area contributed by atoms with Crippen LogP contribution in [0.3, 0.4) is 0 Å². The first kappa shape index (κ1) is 24.7. The molecule has 9 heteroatoms. The number of nitrogens with zero attached hydrogens (tertiary/aromatic N) is 3. The smallest absolute Gasteiger partial charge is 0.336 e. The second kappa shape index (κ2) is 11.9. The molecule has 1 aromatic heterocycles. The maximum atomic E-state index is 12.4. The molecule has 2 amide bonds. The molecule has 0 aliphatic rings. The summed E-state index contributed by atoms with van der Waals surface area (Å²) in [5.41, 5.74) is 4.10. The number of carbonyl (C=O) groups excluding carboxylic acids is 1. The zero-order chi connectivity index (χ0) is 25.3. The molecule has 0 spiro atoms. The van der Waals surface area contributed by atoms with Crippen LogP contribution in [0.15, 0.2) is 72.8 Å². The molecule has 0 aliphatic heterocycles. The van der Waals surface area contributed by atoms with E-state index >= 15 is 0 Å². The van der Waals surface area contributed by atoms with Crippen molar-refractivity contribution in [2.24, 2.45) is 0 Å². The van der Waals surface area contributed by atoms with Crippen molar-refractivity contribution in [1.29, 1.82) is 0 Å². The van der Waals surface area contributed by atoms with Gasteiger partial charge in [-0.1, -0.05) is 35.9 Å². The molecule has 0 fully saturated rings. The molecule has 0 radical (unpaired) electrons. The lowest BCUT2D eigenvalue weighted by Crippen LogP contribution is -2.19. The van der Waals surface area contributed by atoms with E-state index in [1.165, 1.54) is 0 Å². The topological polar surface area (TPSA) is 99.5 Å². The van der Waals surface area contributed by atoms with Gasteiger partial charge in [-0.2, -0.15) is 4.98 Å². The van der Waals surface area contributed by atoms with Crippen molar-refractivity contribution in [2.75, 3.05) is 37.6 Å². The average Bonchev–Trinajstić information content (AvgIpc) is 3.31. The molecule has 186 valence electrons. The number of hydrogen-bond donors (Lipinski definition) is 2. The summed E-state index contributed by atoms with van der Waals surface area (Å²) < 4.78 is 18.0. The molecule has 0 bridgehead atoms. The number of carbonyl (C=O) groups is 1. The van der Waals surface area contributed by atoms with Gasteiger partial charge in [-0.15, -0.1) is 5.10 Å². The Morgan fingerprint density at radius 1 is 0.944 bits per heavy atom. The minimum absolute atomic E-state index is 0.269. The third-order valence-corrected chi connectivity index (χ3v) is 5.26. The molecule has 0 atom stereocenters. The Morgan fingerprint density at radius 3 is 2.42 bits per heavy atom. The van der Waals surface area contributed by atoms with Gasteiger partial charge in [-0.25, -0.2) is 9.48 Å². The van der Waals surface area contributed by atoms with E-state index in [1.54, 1.807) is 36.1 Å². The molecule has 4 rings (SSSR count). The van der Waals surface area contributed by atoms with Crippen LogP contribution in [0.5, 0.6) is 11.8 Å². The van der Waals surface area contributed by atoms with Crippen molar-refractivity contribution >= 4 is 17.4 Å². The van der Waals surface area contributed by atoms with E-state index in [2.05, 4.69) is 20.7 Å². The Hall–Kier alpha value is -4.37. The number of amides is 2. The lowest BCUT2D eigenvalue weighted by Gasteiger charge is -2.10. The fraction of sp³-hybridized carbons (Fsp3) is 0.222. The van der Waals surface area contributed by atoms with Crippen LogP contribution in [0.1, 0.15) is 12.5 Å². The van der Waals surface area contributed by atoms with Crippen LogP contribution >= 0.6 is 0 Å². The van der Waals surface area contributed by atoms with E-state index in [1.807, 2.05) is 62.4 Å². The summed E-state index contributed by atoms with van der Waals surface area (Å²) in [4.78, 5) is 17.0. The molecule has 36 heavy (non-hydrogen) atoms. The summed E-state index contributed by atoms with van der Waals surface area (Å²) >= 11 is 0. The number of urea groups is 1. The van der Waals surface area contributed by atoms with Gasteiger partial charge in [0.2, 0.25) is 0 Å². The third kappa shape index (κ3) is 6.39. The first-order valence-electron chi connectivity index (χ1n) is 11.6. The highest BCUT2D eigenvalue weighted by Gasteiger charge is 2.15. The number of nitrogens with one attached hydrogen (secondary N) is 2. The van der Waals surface area contributed by atoms with Gasteiger partial charge in [0.1, 0.15) is 12.4 Å². The van der Waals surface area contributed by atoms with E-state index < -0.39 is 0 Å². The van der Waals surface area contributed by atoms with E-state index in [0.29, 0.717) is 42.8 Å². The first-order valence-corrected chi connectivity index (χ1v) is 11.6. The van der Waals surface area contributed by atoms with Crippen molar-refractivity contribution in [3.8, 4) is 28.8 Å². The van der Waals surface area contributed by atoms with Crippen LogP contribution in [0, 0.1) is 6.92 Å². The van der Waals surface area contributed by atoms with Crippen molar-refractivity contribution in [3.05, 3.63) is 78.4 Å².